The summed E-state index contributed by atoms with van der Waals surface area (Å²) in [6, 6.07) is 0. The Morgan fingerprint density at radius 2 is 1.75 bits per heavy atom. The van der Waals surface area contributed by atoms with Crippen LogP contribution in [0.25, 0.3) is 0 Å². The lowest BCUT2D eigenvalue weighted by atomic mass is 10.1. The van der Waals surface area contributed by atoms with Crippen LogP contribution in [0.2, 0.25) is 0 Å². The molecule has 140 valence electrons. The zero-order valence-electron chi connectivity index (χ0n) is 14.9. The molecule has 5 atom stereocenters. The van der Waals surface area contributed by atoms with Crippen molar-refractivity contribution < 1.29 is 33.2 Å². The molecule has 3 aliphatic heterocycles. The van der Waals surface area contributed by atoms with Crippen molar-refractivity contribution in [2.45, 2.75) is 70.0 Å². The van der Waals surface area contributed by atoms with Crippen LogP contribution in [-0.2, 0) is 33.2 Å². The van der Waals surface area contributed by atoms with E-state index in [-0.39, 0.29) is 24.4 Å². The summed E-state index contributed by atoms with van der Waals surface area (Å²) in [5.41, 5.74) is 5.41. The zero-order valence-corrected chi connectivity index (χ0v) is 14.9. The Labute approximate surface area is 142 Å². The van der Waals surface area contributed by atoms with Gasteiger partial charge in [0.2, 0.25) is 0 Å². The minimum Gasteiger partial charge on any atom is -0.378 e. The van der Waals surface area contributed by atoms with E-state index in [1.54, 1.807) is 0 Å². The predicted molar refractivity (Wildman–Crippen MR) is 83.2 cm³/mol. The highest BCUT2D eigenvalue weighted by Gasteiger charge is 2.58. The van der Waals surface area contributed by atoms with Gasteiger partial charge < -0.3 is 38.9 Å². The van der Waals surface area contributed by atoms with Gasteiger partial charge in [-0.15, -0.1) is 0 Å². The van der Waals surface area contributed by atoms with E-state index in [4.69, 9.17) is 38.9 Å². The highest BCUT2D eigenvalue weighted by molar-refractivity contribution is 4.98. The molecule has 0 aromatic carbocycles. The Morgan fingerprint density at radius 3 is 2.42 bits per heavy atom. The van der Waals surface area contributed by atoms with Crippen molar-refractivity contribution in [1.29, 1.82) is 0 Å². The van der Waals surface area contributed by atoms with Crippen LogP contribution >= 0.6 is 0 Å². The van der Waals surface area contributed by atoms with Gasteiger partial charge in [0.15, 0.2) is 17.9 Å². The van der Waals surface area contributed by atoms with E-state index < -0.39 is 17.9 Å². The topological polar surface area (TPSA) is 90.6 Å². The van der Waals surface area contributed by atoms with Crippen LogP contribution in [0.1, 0.15) is 27.7 Å². The second-order valence-electron chi connectivity index (χ2n) is 7.17. The molecule has 8 nitrogen and oxygen atoms in total. The first-order valence-electron chi connectivity index (χ1n) is 8.54. The first kappa shape index (κ1) is 18.5. The number of rotatable bonds is 7. The van der Waals surface area contributed by atoms with Crippen molar-refractivity contribution in [3.05, 3.63) is 0 Å². The van der Waals surface area contributed by atoms with Crippen LogP contribution in [0.3, 0.4) is 0 Å². The van der Waals surface area contributed by atoms with Gasteiger partial charge in [-0.2, -0.15) is 0 Å². The molecule has 3 fully saturated rings. The van der Waals surface area contributed by atoms with Gasteiger partial charge in [-0.25, -0.2) is 0 Å². The molecule has 3 heterocycles. The largest absolute Gasteiger partial charge is 0.378 e. The van der Waals surface area contributed by atoms with Crippen LogP contribution in [0, 0.1) is 0 Å². The van der Waals surface area contributed by atoms with Crippen LogP contribution in [0.4, 0.5) is 0 Å². The Hall–Kier alpha value is -0.320. The number of hydrogen-bond donors (Lipinski definition) is 1. The van der Waals surface area contributed by atoms with E-state index in [0.29, 0.717) is 33.0 Å². The van der Waals surface area contributed by atoms with Crippen LogP contribution in [0.15, 0.2) is 0 Å². The summed E-state index contributed by atoms with van der Waals surface area (Å²) in [7, 11) is 0. The van der Waals surface area contributed by atoms with Crippen molar-refractivity contribution in [2.24, 2.45) is 5.73 Å². The van der Waals surface area contributed by atoms with Gasteiger partial charge in [-0.3, -0.25) is 0 Å². The highest BCUT2D eigenvalue weighted by atomic mass is 16.8. The third-order valence-corrected chi connectivity index (χ3v) is 4.22. The summed E-state index contributed by atoms with van der Waals surface area (Å²) in [6.07, 6.45) is -1.61. The van der Waals surface area contributed by atoms with Crippen molar-refractivity contribution in [1.82, 2.24) is 0 Å². The number of nitrogens with two attached hydrogens (primary N) is 1. The Morgan fingerprint density at radius 1 is 0.958 bits per heavy atom. The van der Waals surface area contributed by atoms with Crippen LogP contribution in [-0.4, -0.2) is 75.3 Å². The molecule has 0 aromatic heterocycles. The third-order valence-electron chi connectivity index (χ3n) is 4.22. The fourth-order valence-electron chi connectivity index (χ4n) is 3.30. The number of ether oxygens (including phenoxy) is 7. The standard InChI is InChI=1S/C16H29NO7/c1-15(2)20-9-10(22-15)11-12(19-8-7-18-6-5-17)13-14(21-11)24-16(3,4)23-13/h10-14H,5-9,17H2,1-4H3/t10?,11-,12?,13?,14-/m1/s1. The summed E-state index contributed by atoms with van der Waals surface area (Å²) in [5, 5.41) is 0. The summed E-state index contributed by atoms with van der Waals surface area (Å²) in [5.74, 6) is -1.31. The molecule has 3 saturated heterocycles. The second-order valence-corrected chi connectivity index (χ2v) is 7.17. The summed E-state index contributed by atoms with van der Waals surface area (Å²) >= 11 is 0. The maximum absolute atomic E-state index is 6.05. The molecule has 0 aliphatic carbocycles. The first-order valence-corrected chi connectivity index (χ1v) is 8.54. The van der Waals surface area contributed by atoms with Gasteiger partial charge in [-0.1, -0.05) is 0 Å². The smallest absolute Gasteiger partial charge is 0.190 e. The molecule has 3 aliphatic rings. The van der Waals surface area contributed by atoms with Gasteiger partial charge in [0.1, 0.15) is 24.4 Å². The Balaban J connectivity index is 1.62. The number of hydrogen-bond acceptors (Lipinski definition) is 8. The molecule has 24 heavy (non-hydrogen) atoms. The van der Waals surface area contributed by atoms with Gasteiger partial charge in [0.25, 0.3) is 0 Å². The monoisotopic (exact) mass is 347 g/mol. The van der Waals surface area contributed by atoms with E-state index in [9.17, 15) is 0 Å². The van der Waals surface area contributed by atoms with E-state index >= 15 is 0 Å². The zero-order chi connectivity index (χ0) is 17.4. The maximum atomic E-state index is 6.05. The highest BCUT2D eigenvalue weighted by Crippen LogP contribution is 2.41. The van der Waals surface area contributed by atoms with Gasteiger partial charge in [-0.05, 0) is 27.7 Å². The Bertz CT molecular complexity index is 431. The quantitative estimate of drug-likeness (QED) is 0.661. The van der Waals surface area contributed by atoms with E-state index in [1.807, 2.05) is 27.7 Å². The summed E-state index contributed by atoms with van der Waals surface area (Å²) in [4.78, 5) is 0. The average molecular weight is 347 g/mol. The molecular weight excluding hydrogens is 318 g/mol. The summed E-state index contributed by atoms with van der Waals surface area (Å²) in [6.45, 7) is 9.85. The number of fused-ring (bicyclic) bond motifs is 1. The fraction of sp³-hybridized carbons (Fsp3) is 1.00. The lowest BCUT2D eigenvalue weighted by molar-refractivity contribution is -0.236. The van der Waals surface area contributed by atoms with E-state index in [2.05, 4.69) is 0 Å². The summed E-state index contributed by atoms with van der Waals surface area (Å²) < 4.78 is 40.8. The van der Waals surface area contributed by atoms with Gasteiger partial charge in [0, 0.05) is 6.54 Å². The molecule has 0 spiro atoms. The van der Waals surface area contributed by atoms with E-state index in [1.165, 1.54) is 0 Å². The Kier molecular flexibility index (Phi) is 5.48. The molecule has 0 saturated carbocycles. The maximum Gasteiger partial charge on any atom is 0.190 e. The van der Waals surface area contributed by atoms with Crippen molar-refractivity contribution >= 4 is 0 Å². The third kappa shape index (κ3) is 4.08. The molecule has 2 N–H and O–H groups in total. The lowest BCUT2D eigenvalue weighted by Gasteiger charge is -2.29. The van der Waals surface area contributed by atoms with Crippen LogP contribution in [0.5, 0.6) is 0 Å². The molecule has 8 heteroatoms. The molecule has 3 unspecified atom stereocenters. The van der Waals surface area contributed by atoms with Crippen molar-refractivity contribution in [2.75, 3.05) is 33.0 Å². The molecule has 0 bridgehead atoms. The van der Waals surface area contributed by atoms with E-state index in [0.717, 1.165) is 0 Å². The van der Waals surface area contributed by atoms with Gasteiger partial charge in [0.05, 0.1) is 26.4 Å². The first-order chi connectivity index (χ1) is 11.3. The normalized spacial score (nSPS) is 40.1. The molecular formula is C16H29NO7. The van der Waals surface area contributed by atoms with Crippen LogP contribution < -0.4 is 5.73 Å². The van der Waals surface area contributed by atoms with Crippen molar-refractivity contribution in [3.63, 3.8) is 0 Å². The fourth-order valence-corrected chi connectivity index (χ4v) is 3.30. The van der Waals surface area contributed by atoms with Crippen molar-refractivity contribution in [3.8, 4) is 0 Å². The minimum absolute atomic E-state index is 0.226. The molecule has 0 radical (unpaired) electrons. The molecule has 3 rings (SSSR count). The van der Waals surface area contributed by atoms with Gasteiger partial charge >= 0.3 is 0 Å². The predicted octanol–water partition coefficient (Wildman–Crippen LogP) is 0.375. The average Bonchev–Trinajstić information content (AvgIpc) is 3.09. The lowest BCUT2D eigenvalue weighted by Crippen LogP contribution is -2.44. The minimum atomic E-state index is -0.690. The molecule has 0 amide bonds. The molecule has 0 aromatic rings. The second kappa shape index (κ2) is 7.13. The SMILES string of the molecule is CC1(C)OCC([C@H]2O[C@@H]3OC(C)(C)OC3C2OCCOCCN)O1.